The molecule has 0 spiro atoms. The van der Waals surface area contributed by atoms with Crippen molar-refractivity contribution in [2.24, 2.45) is 5.73 Å². The highest BCUT2D eigenvalue weighted by molar-refractivity contribution is 7.89. The molecule has 0 fully saturated rings. The Kier molecular flexibility index (Phi) is 4.47. The van der Waals surface area contributed by atoms with Crippen LogP contribution in [0, 0.1) is 6.92 Å². The fourth-order valence-corrected chi connectivity index (χ4v) is 2.54. The van der Waals surface area contributed by atoms with Crippen molar-refractivity contribution in [3.63, 3.8) is 0 Å². The molecule has 0 bridgehead atoms. The average Bonchev–Trinajstić information content (AvgIpc) is 2.99. The van der Waals surface area contributed by atoms with E-state index < -0.39 is 10.0 Å². The van der Waals surface area contributed by atoms with Crippen molar-refractivity contribution in [2.75, 3.05) is 13.1 Å². The van der Waals surface area contributed by atoms with Crippen LogP contribution in [-0.2, 0) is 23.0 Å². The fourth-order valence-electron chi connectivity index (χ4n) is 1.56. The maximum Gasteiger partial charge on any atom is 0.243 e. The molecule has 20 heavy (non-hydrogen) atoms. The first-order chi connectivity index (χ1) is 9.51. The van der Waals surface area contributed by atoms with E-state index in [1.54, 1.807) is 6.92 Å². The predicted octanol–water partition coefficient (Wildman–Crippen LogP) is -0.946. The lowest BCUT2D eigenvalue weighted by Crippen LogP contribution is -2.25. The van der Waals surface area contributed by atoms with Crippen molar-refractivity contribution in [3.05, 3.63) is 24.1 Å². The summed E-state index contributed by atoms with van der Waals surface area (Å²) < 4.78 is 32.8. The summed E-state index contributed by atoms with van der Waals surface area (Å²) in [5.74, 6) is 0.912. The number of rotatable bonds is 7. The lowest BCUT2D eigenvalue weighted by molar-refractivity contribution is 0.375. The molecular weight excluding hydrogens is 284 g/mol. The molecule has 0 aliphatic heterocycles. The Morgan fingerprint density at radius 3 is 2.95 bits per heavy atom. The molecule has 0 saturated heterocycles. The topological polar surface area (TPSA) is 129 Å². The van der Waals surface area contributed by atoms with E-state index >= 15 is 0 Å². The van der Waals surface area contributed by atoms with Crippen molar-refractivity contribution in [1.82, 2.24) is 24.6 Å². The Hall–Kier alpha value is -1.78. The van der Waals surface area contributed by atoms with Crippen LogP contribution in [0.2, 0.25) is 0 Å². The summed E-state index contributed by atoms with van der Waals surface area (Å²) in [6, 6.07) is 0. The molecule has 0 unspecified atom stereocenters. The zero-order valence-electron chi connectivity index (χ0n) is 11.0. The molecule has 0 aliphatic rings. The molecule has 0 saturated carbocycles. The third-order valence-electron chi connectivity index (χ3n) is 2.48. The largest absolute Gasteiger partial charge is 0.339 e. The summed E-state index contributed by atoms with van der Waals surface area (Å²) >= 11 is 0. The molecule has 10 heteroatoms. The predicted molar refractivity (Wildman–Crippen MR) is 69.2 cm³/mol. The molecule has 0 aliphatic carbocycles. The van der Waals surface area contributed by atoms with Crippen molar-refractivity contribution < 1.29 is 12.9 Å². The Morgan fingerprint density at radius 2 is 2.30 bits per heavy atom. The average molecular weight is 300 g/mol. The number of nitrogens with one attached hydrogen (secondary N) is 1. The van der Waals surface area contributed by atoms with Crippen molar-refractivity contribution >= 4 is 10.0 Å². The Labute approximate surface area is 116 Å². The zero-order valence-corrected chi connectivity index (χ0v) is 11.8. The SMILES string of the molecule is Cc1noc(CCNS(=O)(=O)c2cnn(CCN)c2)n1. The van der Waals surface area contributed by atoms with Gasteiger partial charge in [0.1, 0.15) is 4.90 Å². The molecule has 0 amide bonds. The van der Waals surface area contributed by atoms with E-state index in [0.717, 1.165) is 0 Å². The second-order valence-corrected chi connectivity index (χ2v) is 5.88. The molecule has 2 aromatic rings. The highest BCUT2D eigenvalue weighted by atomic mass is 32.2. The normalized spacial score (nSPS) is 11.9. The van der Waals surface area contributed by atoms with Crippen LogP contribution in [0.3, 0.4) is 0 Å². The molecule has 2 rings (SSSR count). The number of sulfonamides is 1. The fraction of sp³-hybridized carbons (Fsp3) is 0.500. The minimum Gasteiger partial charge on any atom is -0.339 e. The number of aryl methyl sites for hydroxylation is 1. The summed E-state index contributed by atoms with van der Waals surface area (Å²) in [4.78, 5) is 4.09. The summed E-state index contributed by atoms with van der Waals surface area (Å²) in [6.07, 6.45) is 3.05. The van der Waals surface area contributed by atoms with Crippen LogP contribution in [0.4, 0.5) is 0 Å². The summed E-state index contributed by atoms with van der Waals surface area (Å²) in [5.41, 5.74) is 5.38. The van der Waals surface area contributed by atoms with Gasteiger partial charge >= 0.3 is 0 Å². The van der Waals surface area contributed by atoms with Crippen LogP contribution in [-0.4, -0.2) is 41.4 Å². The van der Waals surface area contributed by atoms with Crippen LogP contribution in [0.25, 0.3) is 0 Å². The smallest absolute Gasteiger partial charge is 0.243 e. The molecule has 9 nitrogen and oxygen atoms in total. The van der Waals surface area contributed by atoms with Crippen LogP contribution in [0.5, 0.6) is 0 Å². The van der Waals surface area contributed by atoms with Gasteiger partial charge in [-0.1, -0.05) is 5.16 Å². The van der Waals surface area contributed by atoms with Crippen molar-refractivity contribution in [3.8, 4) is 0 Å². The van der Waals surface area contributed by atoms with Gasteiger partial charge in [-0.2, -0.15) is 10.1 Å². The lowest BCUT2D eigenvalue weighted by Gasteiger charge is -2.02. The van der Waals surface area contributed by atoms with Gasteiger partial charge < -0.3 is 10.3 Å². The van der Waals surface area contributed by atoms with E-state index in [-0.39, 0.29) is 11.4 Å². The van der Waals surface area contributed by atoms with Gasteiger partial charge in [-0.25, -0.2) is 13.1 Å². The number of hydrogen-bond acceptors (Lipinski definition) is 7. The molecule has 110 valence electrons. The summed E-state index contributed by atoms with van der Waals surface area (Å²) in [7, 11) is -3.59. The Bertz CT molecular complexity index is 662. The highest BCUT2D eigenvalue weighted by Crippen LogP contribution is 2.06. The quantitative estimate of drug-likeness (QED) is 0.674. The molecule has 0 atom stereocenters. The van der Waals surface area contributed by atoms with E-state index in [1.807, 2.05) is 0 Å². The molecule has 3 N–H and O–H groups in total. The maximum atomic E-state index is 12.0. The first-order valence-electron chi connectivity index (χ1n) is 6.02. The minimum absolute atomic E-state index is 0.104. The number of nitrogens with two attached hydrogens (primary N) is 1. The van der Waals surface area contributed by atoms with Gasteiger partial charge in [0, 0.05) is 25.7 Å². The van der Waals surface area contributed by atoms with Gasteiger partial charge in [0.2, 0.25) is 15.9 Å². The van der Waals surface area contributed by atoms with Crippen molar-refractivity contribution in [1.29, 1.82) is 0 Å². The second-order valence-electron chi connectivity index (χ2n) is 4.11. The summed E-state index contributed by atoms with van der Waals surface area (Å²) in [6.45, 7) is 2.73. The summed E-state index contributed by atoms with van der Waals surface area (Å²) in [5, 5.41) is 7.54. The highest BCUT2D eigenvalue weighted by Gasteiger charge is 2.16. The Morgan fingerprint density at radius 1 is 1.50 bits per heavy atom. The first kappa shape index (κ1) is 14.6. The van der Waals surface area contributed by atoms with E-state index in [0.29, 0.717) is 31.2 Å². The molecule has 0 radical (unpaired) electrons. The third-order valence-corrected chi connectivity index (χ3v) is 3.89. The molecule has 2 aromatic heterocycles. The van der Waals surface area contributed by atoms with Crippen LogP contribution in [0.1, 0.15) is 11.7 Å². The molecule has 2 heterocycles. The molecular formula is C10H16N6O3S. The number of nitrogens with zero attached hydrogens (tertiary/aromatic N) is 4. The van der Waals surface area contributed by atoms with Crippen LogP contribution < -0.4 is 10.5 Å². The van der Waals surface area contributed by atoms with Gasteiger partial charge in [-0.15, -0.1) is 0 Å². The standard InChI is InChI=1S/C10H16N6O3S/c1-8-14-10(19-15-8)2-4-13-20(17,18)9-6-12-16(7-9)5-3-11/h6-7,13H,2-5,11H2,1H3. The zero-order chi connectivity index (χ0) is 14.6. The van der Waals surface area contributed by atoms with E-state index in [9.17, 15) is 8.42 Å². The number of hydrogen-bond donors (Lipinski definition) is 2. The van der Waals surface area contributed by atoms with Crippen LogP contribution >= 0.6 is 0 Å². The Balaban J connectivity index is 1.92. The van der Waals surface area contributed by atoms with Gasteiger partial charge in [0.25, 0.3) is 0 Å². The maximum absolute atomic E-state index is 12.0. The monoisotopic (exact) mass is 300 g/mol. The van der Waals surface area contributed by atoms with Crippen molar-refractivity contribution in [2.45, 2.75) is 24.8 Å². The van der Waals surface area contributed by atoms with Crippen LogP contribution in [0.15, 0.2) is 21.8 Å². The van der Waals surface area contributed by atoms with Gasteiger partial charge in [-0.3, -0.25) is 4.68 Å². The van der Waals surface area contributed by atoms with Gasteiger partial charge in [-0.05, 0) is 6.92 Å². The van der Waals surface area contributed by atoms with E-state index in [2.05, 4.69) is 20.0 Å². The van der Waals surface area contributed by atoms with Gasteiger partial charge in [0.05, 0.1) is 12.7 Å². The van der Waals surface area contributed by atoms with E-state index in [4.69, 9.17) is 10.3 Å². The lowest BCUT2D eigenvalue weighted by atomic mass is 10.4. The van der Waals surface area contributed by atoms with E-state index in [1.165, 1.54) is 17.1 Å². The molecule has 0 aromatic carbocycles. The number of aromatic nitrogens is 4. The second kappa shape index (κ2) is 6.11. The van der Waals surface area contributed by atoms with Gasteiger partial charge in [0.15, 0.2) is 5.82 Å². The third kappa shape index (κ3) is 3.62. The minimum atomic E-state index is -3.59. The first-order valence-corrected chi connectivity index (χ1v) is 7.51.